The standard InChI is InChI=1S/C30H20FN3O9/c1-14-25(34(39)40)28(43-32-14)23-24(15-6-9-17(10-7-15)33(37)38)30(20-4-2-3-5-22(20)42-29(30)36)13-19-26(35)18-12-16(31)8-11-21(18)41-27(19)23/h2-12,19,23-24,27H,13H2,1H3/t19-,23-,24-,27-,30-/m1/s1. The van der Waals surface area contributed by atoms with Crippen molar-refractivity contribution in [1.29, 1.82) is 0 Å². The van der Waals surface area contributed by atoms with Crippen LogP contribution in [0.4, 0.5) is 15.8 Å². The van der Waals surface area contributed by atoms with Crippen LogP contribution < -0.4 is 9.47 Å². The van der Waals surface area contributed by atoms with E-state index in [0.29, 0.717) is 11.1 Å². The summed E-state index contributed by atoms with van der Waals surface area (Å²) < 4.78 is 32.0. The number of fused-ring (bicyclic) bond motifs is 4. The number of Topliss-reactive ketones (excluding diaryl/α,β-unsaturated/α-hetero) is 1. The van der Waals surface area contributed by atoms with Gasteiger partial charge in [0.15, 0.2) is 11.5 Å². The number of hydrogen-bond acceptors (Lipinski definition) is 10. The number of aryl methyl sites for hydroxylation is 1. The average molecular weight is 586 g/mol. The maximum Gasteiger partial charge on any atom is 0.334 e. The van der Waals surface area contributed by atoms with Crippen molar-refractivity contribution in [3.05, 3.63) is 121 Å². The number of carbonyl (C=O) groups is 2. The predicted octanol–water partition coefficient (Wildman–Crippen LogP) is 5.33. The molecule has 0 N–H and O–H groups in total. The van der Waals surface area contributed by atoms with E-state index < -0.39 is 62.4 Å². The quantitative estimate of drug-likeness (QED) is 0.132. The number of hydrogen-bond donors (Lipinski definition) is 0. The molecule has 0 saturated heterocycles. The number of aromatic nitrogens is 1. The lowest BCUT2D eigenvalue weighted by Crippen LogP contribution is -2.57. The minimum atomic E-state index is -1.61. The molecule has 5 atom stereocenters. The highest BCUT2D eigenvalue weighted by Gasteiger charge is 2.67. The summed E-state index contributed by atoms with van der Waals surface area (Å²) in [7, 11) is 0. The van der Waals surface area contributed by atoms with Crippen molar-refractivity contribution in [2.45, 2.75) is 36.7 Å². The zero-order valence-electron chi connectivity index (χ0n) is 22.3. The molecule has 1 saturated carbocycles. The van der Waals surface area contributed by atoms with Gasteiger partial charge in [-0.1, -0.05) is 35.5 Å². The van der Waals surface area contributed by atoms with Crippen LogP contribution in [0, 0.1) is 38.9 Å². The second-order valence-electron chi connectivity index (χ2n) is 10.8. The number of halogens is 1. The monoisotopic (exact) mass is 585 g/mol. The van der Waals surface area contributed by atoms with E-state index in [4.69, 9.17) is 14.0 Å². The first-order chi connectivity index (χ1) is 20.6. The number of rotatable bonds is 4. The fourth-order valence-electron chi connectivity index (χ4n) is 7.01. The SMILES string of the molecule is Cc1noc([C@H]2[C@@H]3Oc4ccc(F)cc4C(=O)[C@H]3C[C@]3(C(=O)Oc4ccccc43)[C@@H]2c2ccc([N+](=O)[O-])cc2)c1[N+](=O)[O-]. The highest BCUT2D eigenvalue weighted by Crippen LogP contribution is 2.64. The number of nitrogens with zero attached hydrogens (tertiary/aromatic N) is 3. The molecule has 1 spiro atoms. The van der Waals surface area contributed by atoms with Crippen LogP contribution >= 0.6 is 0 Å². The minimum absolute atomic E-state index is 0.0214. The van der Waals surface area contributed by atoms with Crippen LogP contribution in [-0.4, -0.2) is 32.9 Å². The van der Waals surface area contributed by atoms with E-state index in [9.17, 15) is 34.2 Å². The van der Waals surface area contributed by atoms with Crippen molar-refractivity contribution < 1.29 is 37.8 Å². The molecular formula is C30H20FN3O9. The van der Waals surface area contributed by atoms with Gasteiger partial charge >= 0.3 is 11.7 Å². The number of esters is 1. The maximum absolute atomic E-state index is 14.3. The number of non-ortho nitro benzene ring substituents is 1. The van der Waals surface area contributed by atoms with E-state index in [0.717, 1.165) is 12.1 Å². The number of para-hydroxylation sites is 1. The Labute approximate surface area is 241 Å². The summed E-state index contributed by atoms with van der Waals surface area (Å²) in [5.74, 6) is -5.10. The van der Waals surface area contributed by atoms with Crippen molar-refractivity contribution in [2.75, 3.05) is 0 Å². The summed E-state index contributed by atoms with van der Waals surface area (Å²) in [5, 5.41) is 27.7. The molecule has 3 aromatic carbocycles. The Morgan fingerprint density at radius 1 is 0.977 bits per heavy atom. The zero-order chi connectivity index (χ0) is 30.2. The van der Waals surface area contributed by atoms with Crippen LogP contribution in [0.3, 0.4) is 0 Å². The number of carbonyl (C=O) groups excluding carboxylic acids is 2. The first kappa shape index (κ1) is 26.4. The van der Waals surface area contributed by atoms with Crippen LogP contribution in [0.25, 0.3) is 0 Å². The van der Waals surface area contributed by atoms with E-state index in [1.165, 1.54) is 37.3 Å². The lowest BCUT2D eigenvalue weighted by atomic mass is 9.52. The summed E-state index contributed by atoms with van der Waals surface area (Å²) in [6.45, 7) is 1.40. The van der Waals surface area contributed by atoms with Gasteiger partial charge in [0, 0.05) is 23.6 Å². The van der Waals surface area contributed by atoms with E-state index in [2.05, 4.69) is 5.16 Å². The fraction of sp³-hybridized carbons (Fsp3) is 0.233. The Morgan fingerprint density at radius 3 is 2.44 bits per heavy atom. The zero-order valence-corrected chi connectivity index (χ0v) is 22.3. The second-order valence-corrected chi connectivity index (χ2v) is 10.8. The normalized spacial score (nSPS) is 25.3. The molecule has 2 aliphatic heterocycles. The summed E-state index contributed by atoms with van der Waals surface area (Å²) in [6.07, 6.45) is -1.27. The van der Waals surface area contributed by atoms with Crippen molar-refractivity contribution in [2.24, 2.45) is 5.92 Å². The Kier molecular flexibility index (Phi) is 5.70. The van der Waals surface area contributed by atoms with Crippen molar-refractivity contribution in [3.8, 4) is 11.5 Å². The van der Waals surface area contributed by atoms with Gasteiger partial charge in [-0.3, -0.25) is 29.8 Å². The second kappa shape index (κ2) is 9.28. The average Bonchev–Trinajstić information content (AvgIpc) is 3.50. The molecule has 43 heavy (non-hydrogen) atoms. The number of benzene rings is 3. The van der Waals surface area contributed by atoms with Gasteiger partial charge in [0.05, 0.1) is 27.2 Å². The van der Waals surface area contributed by atoms with Crippen LogP contribution in [-0.2, 0) is 10.2 Å². The highest BCUT2D eigenvalue weighted by atomic mass is 19.1. The van der Waals surface area contributed by atoms with Crippen molar-refractivity contribution in [1.82, 2.24) is 5.16 Å². The van der Waals surface area contributed by atoms with Gasteiger partial charge in [-0.2, -0.15) is 0 Å². The summed E-state index contributed by atoms with van der Waals surface area (Å²) >= 11 is 0. The van der Waals surface area contributed by atoms with Crippen LogP contribution in [0.2, 0.25) is 0 Å². The molecule has 4 aromatic rings. The molecule has 1 aliphatic carbocycles. The first-order valence-corrected chi connectivity index (χ1v) is 13.3. The fourth-order valence-corrected chi connectivity index (χ4v) is 7.01. The molecule has 216 valence electrons. The molecule has 0 radical (unpaired) electrons. The molecular weight excluding hydrogens is 565 g/mol. The topological polar surface area (TPSA) is 165 Å². The Hall–Kier alpha value is -5.46. The molecule has 0 unspecified atom stereocenters. The van der Waals surface area contributed by atoms with E-state index in [1.807, 2.05) is 0 Å². The molecule has 1 aromatic heterocycles. The maximum atomic E-state index is 14.3. The molecule has 7 rings (SSSR count). The molecule has 3 aliphatic rings. The third-order valence-corrected chi connectivity index (χ3v) is 8.73. The summed E-state index contributed by atoms with van der Waals surface area (Å²) in [6, 6.07) is 15.6. The summed E-state index contributed by atoms with van der Waals surface area (Å²) in [5.41, 5.74) is -1.50. The van der Waals surface area contributed by atoms with Gasteiger partial charge < -0.3 is 14.0 Å². The van der Waals surface area contributed by atoms with Gasteiger partial charge in [-0.15, -0.1) is 0 Å². The Bertz CT molecular complexity index is 1870. The third kappa shape index (κ3) is 3.70. The number of nitro groups is 2. The highest BCUT2D eigenvalue weighted by molar-refractivity contribution is 6.03. The van der Waals surface area contributed by atoms with Gasteiger partial charge in [0.2, 0.25) is 5.76 Å². The Morgan fingerprint density at radius 2 is 1.72 bits per heavy atom. The van der Waals surface area contributed by atoms with Crippen LogP contribution in [0.5, 0.6) is 11.5 Å². The van der Waals surface area contributed by atoms with Crippen molar-refractivity contribution in [3.63, 3.8) is 0 Å². The van der Waals surface area contributed by atoms with Gasteiger partial charge in [-0.25, -0.2) is 4.39 Å². The third-order valence-electron chi connectivity index (χ3n) is 8.73. The molecule has 12 nitrogen and oxygen atoms in total. The smallest absolute Gasteiger partial charge is 0.334 e. The van der Waals surface area contributed by atoms with E-state index >= 15 is 0 Å². The van der Waals surface area contributed by atoms with Crippen LogP contribution in [0.1, 0.15) is 51.2 Å². The largest absolute Gasteiger partial charge is 0.488 e. The lowest BCUT2D eigenvalue weighted by Gasteiger charge is -2.51. The van der Waals surface area contributed by atoms with Crippen molar-refractivity contribution >= 4 is 23.1 Å². The number of ketones is 1. The van der Waals surface area contributed by atoms with Gasteiger partial charge in [0.1, 0.15) is 28.8 Å². The Balaban J connectivity index is 1.55. The van der Waals surface area contributed by atoms with Gasteiger partial charge in [-0.05, 0) is 43.2 Å². The number of nitro benzene ring substituents is 1. The lowest BCUT2D eigenvalue weighted by molar-refractivity contribution is -0.387. The molecule has 0 bridgehead atoms. The summed E-state index contributed by atoms with van der Waals surface area (Å²) in [4.78, 5) is 50.8. The minimum Gasteiger partial charge on any atom is -0.488 e. The van der Waals surface area contributed by atoms with E-state index in [1.54, 1.807) is 24.3 Å². The molecule has 1 fully saturated rings. The van der Waals surface area contributed by atoms with Gasteiger partial charge in [0.25, 0.3) is 5.69 Å². The molecule has 0 amide bonds. The molecule has 13 heteroatoms. The predicted molar refractivity (Wildman–Crippen MR) is 143 cm³/mol. The first-order valence-electron chi connectivity index (χ1n) is 13.3. The molecule has 3 heterocycles. The van der Waals surface area contributed by atoms with E-state index in [-0.39, 0.29) is 40.6 Å². The van der Waals surface area contributed by atoms with Crippen LogP contribution in [0.15, 0.2) is 71.3 Å². The number of ether oxygens (including phenoxy) is 2.